The first-order valence-corrected chi connectivity index (χ1v) is 9.90. The van der Waals surface area contributed by atoms with Gasteiger partial charge in [0.2, 0.25) is 6.40 Å². The van der Waals surface area contributed by atoms with Crippen LogP contribution in [0.2, 0.25) is 0 Å². The van der Waals surface area contributed by atoms with Gasteiger partial charge in [-0.2, -0.15) is 4.89 Å². The van der Waals surface area contributed by atoms with Crippen LogP contribution < -0.4 is 10.6 Å². The van der Waals surface area contributed by atoms with Gasteiger partial charge in [-0.3, -0.25) is 0 Å². The lowest BCUT2D eigenvalue weighted by molar-refractivity contribution is -0.211. The molecule has 0 saturated heterocycles. The predicted octanol–water partition coefficient (Wildman–Crippen LogP) is 4.92. The molecule has 29 heavy (non-hydrogen) atoms. The van der Waals surface area contributed by atoms with Crippen molar-refractivity contribution < 1.29 is 14.2 Å². The quantitative estimate of drug-likeness (QED) is 0.160. The van der Waals surface area contributed by atoms with Crippen LogP contribution in [-0.4, -0.2) is 18.1 Å². The fraction of sp³-hybridized carbons (Fsp3) is 0.364. The molecule has 2 aromatic carbocycles. The SMILES string of the molecule is CCOOC=Nc1ccc(CNC(=S)NCc2ccc(C(C)(C)C)cc2)cc1F. The Bertz CT molecular complexity index is 833. The summed E-state index contributed by atoms with van der Waals surface area (Å²) >= 11 is 5.31. The first-order valence-electron chi connectivity index (χ1n) is 9.50. The molecule has 0 aliphatic heterocycles. The molecule has 0 atom stereocenters. The minimum atomic E-state index is -0.446. The van der Waals surface area contributed by atoms with Crippen LogP contribution in [0.5, 0.6) is 0 Å². The van der Waals surface area contributed by atoms with E-state index >= 15 is 0 Å². The molecule has 0 unspecified atom stereocenters. The highest BCUT2D eigenvalue weighted by Crippen LogP contribution is 2.22. The molecule has 7 heteroatoms. The second kappa shape index (κ2) is 10.9. The highest BCUT2D eigenvalue weighted by molar-refractivity contribution is 7.80. The lowest BCUT2D eigenvalue weighted by Crippen LogP contribution is -2.34. The predicted molar refractivity (Wildman–Crippen MR) is 119 cm³/mol. The second-order valence-corrected chi connectivity index (χ2v) is 7.91. The number of halogens is 1. The normalized spacial score (nSPS) is 11.5. The van der Waals surface area contributed by atoms with Crippen molar-refractivity contribution in [3.05, 3.63) is 65.0 Å². The number of nitrogens with zero attached hydrogens (tertiary/aromatic N) is 1. The fourth-order valence-electron chi connectivity index (χ4n) is 2.49. The van der Waals surface area contributed by atoms with Gasteiger partial charge in [0.1, 0.15) is 11.5 Å². The van der Waals surface area contributed by atoms with Crippen molar-refractivity contribution in [2.24, 2.45) is 4.99 Å². The van der Waals surface area contributed by atoms with Crippen molar-refractivity contribution in [3.63, 3.8) is 0 Å². The van der Waals surface area contributed by atoms with Crippen LogP contribution in [-0.2, 0) is 28.3 Å². The number of benzene rings is 2. The molecule has 0 aromatic heterocycles. The number of hydrogen-bond donors (Lipinski definition) is 2. The highest BCUT2D eigenvalue weighted by Gasteiger charge is 2.12. The monoisotopic (exact) mass is 417 g/mol. The minimum Gasteiger partial charge on any atom is -0.359 e. The van der Waals surface area contributed by atoms with E-state index < -0.39 is 5.82 Å². The van der Waals surface area contributed by atoms with Crippen molar-refractivity contribution in [3.8, 4) is 0 Å². The minimum absolute atomic E-state index is 0.134. The van der Waals surface area contributed by atoms with Crippen LogP contribution in [0.25, 0.3) is 0 Å². The number of nitrogens with one attached hydrogen (secondary N) is 2. The average molecular weight is 418 g/mol. The fourth-order valence-corrected chi connectivity index (χ4v) is 2.64. The van der Waals surface area contributed by atoms with Crippen molar-refractivity contribution in [2.75, 3.05) is 6.61 Å². The smallest absolute Gasteiger partial charge is 0.220 e. The third kappa shape index (κ3) is 7.79. The Morgan fingerprint density at radius 3 is 2.28 bits per heavy atom. The van der Waals surface area contributed by atoms with Gasteiger partial charge < -0.3 is 15.5 Å². The first-order chi connectivity index (χ1) is 13.8. The molecule has 2 rings (SSSR count). The van der Waals surface area contributed by atoms with E-state index in [9.17, 15) is 4.39 Å². The maximum absolute atomic E-state index is 14.1. The molecule has 0 spiro atoms. The molecule has 0 fully saturated rings. The standard InChI is InChI=1S/C22H28FN3O2S/c1-5-27-28-15-26-20-11-8-17(12-19(20)23)14-25-21(29)24-13-16-6-9-18(10-7-16)22(2,3)4/h6-12,15H,5,13-14H2,1-4H3,(H2,24,25,29). The van der Waals surface area contributed by atoms with Crippen LogP contribution in [0.15, 0.2) is 47.5 Å². The summed E-state index contributed by atoms with van der Waals surface area (Å²) in [5.74, 6) is -0.446. The van der Waals surface area contributed by atoms with E-state index in [0.717, 1.165) is 17.5 Å². The molecule has 0 heterocycles. The Balaban J connectivity index is 1.80. The Hall–Kier alpha value is -2.51. The molecule has 0 aliphatic rings. The summed E-state index contributed by atoms with van der Waals surface area (Å²) in [6, 6.07) is 13.2. The molecule has 0 bridgehead atoms. The first kappa shape index (κ1) is 22.8. The van der Waals surface area contributed by atoms with Gasteiger partial charge in [-0.25, -0.2) is 9.38 Å². The van der Waals surface area contributed by atoms with Gasteiger partial charge in [0.05, 0.1) is 6.61 Å². The third-order valence-electron chi connectivity index (χ3n) is 4.16. The number of thiocarbonyl (C=S) groups is 1. The zero-order valence-corrected chi connectivity index (χ0v) is 18.1. The molecule has 156 valence electrons. The van der Waals surface area contributed by atoms with Gasteiger partial charge in [0.25, 0.3) is 0 Å². The van der Waals surface area contributed by atoms with Gasteiger partial charge in [-0.1, -0.05) is 51.1 Å². The van der Waals surface area contributed by atoms with E-state index in [-0.39, 0.29) is 11.1 Å². The second-order valence-electron chi connectivity index (χ2n) is 7.51. The molecule has 0 amide bonds. The average Bonchev–Trinajstić information content (AvgIpc) is 2.69. The summed E-state index contributed by atoms with van der Waals surface area (Å²) in [6.45, 7) is 9.76. The topological polar surface area (TPSA) is 54.9 Å². The van der Waals surface area contributed by atoms with E-state index in [1.54, 1.807) is 19.1 Å². The lowest BCUT2D eigenvalue weighted by Gasteiger charge is -2.19. The van der Waals surface area contributed by atoms with E-state index in [0.29, 0.717) is 24.8 Å². The number of rotatable bonds is 8. The maximum Gasteiger partial charge on any atom is 0.220 e. The van der Waals surface area contributed by atoms with E-state index in [1.165, 1.54) is 11.6 Å². The Labute approximate surface area is 177 Å². The van der Waals surface area contributed by atoms with Gasteiger partial charge >= 0.3 is 0 Å². The van der Waals surface area contributed by atoms with Crippen LogP contribution in [0.3, 0.4) is 0 Å². The van der Waals surface area contributed by atoms with Crippen LogP contribution in [0.1, 0.15) is 44.4 Å². The van der Waals surface area contributed by atoms with E-state index in [1.807, 2.05) is 0 Å². The van der Waals surface area contributed by atoms with Crippen LogP contribution in [0.4, 0.5) is 10.1 Å². The summed E-state index contributed by atoms with van der Waals surface area (Å²) in [6.07, 6.45) is 1.06. The molecule has 0 radical (unpaired) electrons. The van der Waals surface area contributed by atoms with Crippen LogP contribution in [0, 0.1) is 5.82 Å². The molecular formula is C22H28FN3O2S. The summed E-state index contributed by atoms with van der Waals surface area (Å²) in [5.41, 5.74) is 3.50. The van der Waals surface area contributed by atoms with E-state index in [2.05, 4.69) is 70.4 Å². The summed E-state index contributed by atoms with van der Waals surface area (Å²) in [7, 11) is 0. The zero-order chi connectivity index (χ0) is 21.3. The molecule has 0 aliphatic carbocycles. The molecule has 0 saturated carbocycles. The summed E-state index contributed by atoms with van der Waals surface area (Å²) in [4.78, 5) is 13.2. The Morgan fingerprint density at radius 2 is 1.69 bits per heavy atom. The highest BCUT2D eigenvalue weighted by atomic mass is 32.1. The molecule has 2 aromatic rings. The van der Waals surface area contributed by atoms with Crippen molar-refractivity contribution >= 4 is 29.4 Å². The van der Waals surface area contributed by atoms with Gasteiger partial charge in [0.15, 0.2) is 5.11 Å². The Kier molecular flexibility index (Phi) is 8.54. The zero-order valence-electron chi connectivity index (χ0n) is 17.3. The maximum atomic E-state index is 14.1. The third-order valence-corrected chi connectivity index (χ3v) is 4.45. The molecule has 2 N–H and O–H groups in total. The van der Waals surface area contributed by atoms with Gasteiger partial charge in [0, 0.05) is 13.1 Å². The van der Waals surface area contributed by atoms with Crippen LogP contribution >= 0.6 is 12.2 Å². The lowest BCUT2D eigenvalue weighted by atomic mass is 9.87. The van der Waals surface area contributed by atoms with Gasteiger partial charge in [-0.15, -0.1) is 0 Å². The molecule has 5 nitrogen and oxygen atoms in total. The van der Waals surface area contributed by atoms with Crippen molar-refractivity contribution in [1.29, 1.82) is 0 Å². The van der Waals surface area contributed by atoms with E-state index in [4.69, 9.17) is 12.2 Å². The van der Waals surface area contributed by atoms with Crippen molar-refractivity contribution in [1.82, 2.24) is 10.6 Å². The van der Waals surface area contributed by atoms with Gasteiger partial charge in [-0.05, 0) is 53.4 Å². The molecular weight excluding hydrogens is 389 g/mol. The number of aliphatic imine (C=N–C) groups is 1. The summed E-state index contributed by atoms with van der Waals surface area (Å²) < 4.78 is 14.1. The Morgan fingerprint density at radius 1 is 1.07 bits per heavy atom. The summed E-state index contributed by atoms with van der Waals surface area (Å²) in [5, 5.41) is 6.76. The van der Waals surface area contributed by atoms with Crippen molar-refractivity contribution in [2.45, 2.75) is 46.2 Å². The number of hydrogen-bond acceptors (Lipinski definition) is 4. The largest absolute Gasteiger partial charge is 0.359 e.